The Morgan fingerprint density at radius 2 is 1.95 bits per heavy atom. The first kappa shape index (κ1) is 17.1. The molecule has 0 spiro atoms. The highest BCUT2D eigenvalue weighted by atomic mass is 79.9. The molecular formula is C13H19BrN2O3S2. The Hall–Kier alpha value is -0.280. The van der Waals surface area contributed by atoms with E-state index >= 15 is 0 Å². The molecule has 0 saturated carbocycles. The average Bonchev–Trinajstić information content (AvgIpc) is 2.43. The van der Waals surface area contributed by atoms with Gasteiger partial charge < -0.3 is 5.32 Å². The largest absolute Gasteiger partial charge is 0.316 e. The molecule has 0 aromatic heterocycles. The van der Waals surface area contributed by atoms with Crippen molar-refractivity contribution in [2.24, 2.45) is 0 Å². The van der Waals surface area contributed by atoms with Gasteiger partial charge in [-0.15, -0.1) is 0 Å². The van der Waals surface area contributed by atoms with E-state index in [1.165, 1.54) is 4.31 Å². The first-order chi connectivity index (χ1) is 9.86. The van der Waals surface area contributed by atoms with E-state index in [4.69, 9.17) is 0 Å². The van der Waals surface area contributed by atoms with E-state index in [0.29, 0.717) is 40.5 Å². The Balaban J connectivity index is 2.41. The van der Waals surface area contributed by atoms with Gasteiger partial charge in [-0.3, -0.25) is 4.21 Å². The zero-order chi connectivity index (χ0) is 15.6. The molecule has 0 amide bonds. The average molecular weight is 395 g/mol. The van der Waals surface area contributed by atoms with Crippen LogP contribution < -0.4 is 5.32 Å². The zero-order valence-electron chi connectivity index (χ0n) is 12.1. The number of aryl methyl sites for hydroxylation is 1. The van der Waals surface area contributed by atoms with Crippen molar-refractivity contribution in [1.29, 1.82) is 0 Å². The van der Waals surface area contributed by atoms with Crippen molar-refractivity contribution in [2.45, 2.75) is 18.4 Å². The lowest BCUT2D eigenvalue weighted by Crippen LogP contribution is -2.41. The number of sulfonamides is 1. The summed E-state index contributed by atoms with van der Waals surface area (Å²) in [7, 11) is -2.63. The Bertz CT molecular complexity index is 652. The summed E-state index contributed by atoms with van der Waals surface area (Å²) in [5, 5.41) is 3.03. The van der Waals surface area contributed by atoms with Gasteiger partial charge >= 0.3 is 0 Å². The van der Waals surface area contributed by atoms with Gasteiger partial charge in [0.1, 0.15) is 0 Å². The van der Waals surface area contributed by atoms with Gasteiger partial charge in [-0.1, -0.05) is 6.07 Å². The maximum Gasteiger partial charge on any atom is 0.244 e. The molecule has 1 aromatic rings. The summed E-state index contributed by atoms with van der Waals surface area (Å²) in [5.74, 6) is 0.818. The van der Waals surface area contributed by atoms with Crippen LogP contribution in [0, 0.1) is 6.92 Å². The Kier molecular flexibility index (Phi) is 5.59. The van der Waals surface area contributed by atoms with Crippen LogP contribution >= 0.6 is 15.9 Å². The molecule has 1 aromatic carbocycles. The minimum atomic E-state index is -3.56. The first-order valence-corrected chi connectivity index (χ1v) is 10.4. The molecule has 8 heteroatoms. The summed E-state index contributed by atoms with van der Waals surface area (Å²) in [6.07, 6.45) is 0. The molecular weight excluding hydrogens is 376 g/mol. The number of hydrogen-bond acceptors (Lipinski definition) is 4. The molecule has 1 heterocycles. The topological polar surface area (TPSA) is 66.5 Å². The minimum Gasteiger partial charge on any atom is -0.316 e. The Morgan fingerprint density at radius 3 is 2.52 bits per heavy atom. The van der Waals surface area contributed by atoms with Gasteiger partial charge in [0.2, 0.25) is 10.0 Å². The highest BCUT2D eigenvalue weighted by Gasteiger charge is 2.30. The maximum absolute atomic E-state index is 12.8. The summed E-state index contributed by atoms with van der Waals surface area (Å²) in [5.41, 5.74) is 1.82. The standard InChI is InChI=1S/C13H19BrN2O3S2/c1-10-7-11(9-15-2)8-12(13(10)14)21(18,19)16-3-5-20(17)6-4-16/h7-8,15H,3-6,9H2,1-2H3. The second-order valence-corrected chi connectivity index (χ2v) is 9.40. The highest BCUT2D eigenvalue weighted by Crippen LogP contribution is 2.30. The van der Waals surface area contributed by atoms with Gasteiger partial charge in [0.05, 0.1) is 4.90 Å². The first-order valence-electron chi connectivity index (χ1n) is 6.65. The van der Waals surface area contributed by atoms with E-state index in [2.05, 4.69) is 21.2 Å². The Morgan fingerprint density at radius 1 is 1.33 bits per heavy atom. The van der Waals surface area contributed by atoms with Crippen LogP contribution in [0.5, 0.6) is 0 Å². The van der Waals surface area contributed by atoms with Gasteiger partial charge in [-0.2, -0.15) is 4.31 Å². The molecule has 5 nitrogen and oxygen atoms in total. The molecule has 1 aliphatic rings. The normalized spacial score (nSPS) is 18.0. The van der Waals surface area contributed by atoms with Crippen molar-refractivity contribution in [3.8, 4) is 0 Å². The molecule has 2 rings (SSSR count). The molecule has 0 radical (unpaired) electrons. The molecule has 1 saturated heterocycles. The van der Waals surface area contributed by atoms with Gasteiger partial charge in [0.25, 0.3) is 0 Å². The molecule has 1 fully saturated rings. The number of benzene rings is 1. The van der Waals surface area contributed by atoms with E-state index in [0.717, 1.165) is 11.1 Å². The molecule has 1 aliphatic heterocycles. The van der Waals surface area contributed by atoms with Gasteiger partial charge in [-0.05, 0) is 47.1 Å². The molecule has 0 aliphatic carbocycles. The second-order valence-electron chi connectivity index (χ2n) is 5.01. The van der Waals surface area contributed by atoms with Crippen molar-refractivity contribution in [1.82, 2.24) is 9.62 Å². The summed E-state index contributed by atoms with van der Waals surface area (Å²) in [4.78, 5) is 0.292. The number of hydrogen-bond donors (Lipinski definition) is 1. The lowest BCUT2D eigenvalue weighted by molar-refractivity contribution is 0.438. The van der Waals surface area contributed by atoms with E-state index < -0.39 is 20.8 Å². The van der Waals surface area contributed by atoms with Crippen molar-refractivity contribution < 1.29 is 12.6 Å². The second kappa shape index (κ2) is 6.87. The third kappa shape index (κ3) is 3.73. The van der Waals surface area contributed by atoms with Gasteiger partial charge in [0, 0.05) is 46.4 Å². The van der Waals surface area contributed by atoms with Crippen LogP contribution in [0.15, 0.2) is 21.5 Å². The fourth-order valence-corrected chi connectivity index (χ4v) is 6.06. The van der Waals surface area contributed by atoms with E-state index in [9.17, 15) is 12.6 Å². The fourth-order valence-electron chi connectivity index (χ4n) is 2.30. The smallest absolute Gasteiger partial charge is 0.244 e. The van der Waals surface area contributed by atoms with Crippen LogP contribution in [-0.2, 0) is 27.4 Å². The lowest BCUT2D eigenvalue weighted by Gasteiger charge is -2.26. The van der Waals surface area contributed by atoms with Crippen LogP contribution in [0.25, 0.3) is 0 Å². The minimum absolute atomic E-state index is 0.292. The zero-order valence-corrected chi connectivity index (χ0v) is 15.3. The van der Waals surface area contributed by atoms with Crippen molar-refractivity contribution in [2.75, 3.05) is 31.6 Å². The van der Waals surface area contributed by atoms with Gasteiger partial charge in [0.15, 0.2) is 0 Å². The van der Waals surface area contributed by atoms with Crippen LogP contribution in [0.2, 0.25) is 0 Å². The van der Waals surface area contributed by atoms with Crippen LogP contribution in [-0.4, -0.2) is 48.6 Å². The summed E-state index contributed by atoms with van der Waals surface area (Å²) in [6, 6.07) is 3.67. The maximum atomic E-state index is 12.8. The van der Waals surface area contributed by atoms with Crippen molar-refractivity contribution >= 4 is 36.8 Å². The number of nitrogens with zero attached hydrogens (tertiary/aromatic N) is 1. The predicted octanol–water partition coefficient (Wildman–Crippen LogP) is 1.23. The van der Waals surface area contributed by atoms with E-state index in [1.807, 2.05) is 20.0 Å². The predicted molar refractivity (Wildman–Crippen MR) is 88.3 cm³/mol. The van der Waals surface area contributed by atoms with Crippen molar-refractivity contribution in [3.05, 3.63) is 27.7 Å². The number of rotatable bonds is 4. The third-order valence-electron chi connectivity index (χ3n) is 3.42. The van der Waals surface area contributed by atoms with E-state index in [1.54, 1.807) is 6.07 Å². The molecule has 118 valence electrons. The Labute approximate surface area is 136 Å². The van der Waals surface area contributed by atoms with E-state index in [-0.39, 0.29) is 0 Å². The number of nitrogens with one attached hydrogen (secondary N) is 1. The quantitative estimate of drug-likeness (QED) is 0.833. The summed E-state index contributed by atoms with van der Waals surface area (Å²) < 4.78 is 39.0. The SMILES string of the molecule is CNCc1cc(C)c(Br)c(S(=O)(=O)N2CCS(=O)CC2)c1. The molecule has 0 atom stereocenters. The third-order valence-corrected chi connectivity index (χ3v) is 7.93. The fraction of sp³-hybridized carbons (Fsp3) is 0.538. The molecule has 21 heavy (non-hydrogen) atoms. The van der Waals surface area contributed by atoms with Crippen LogP contribution in [0.1, 0.15) is 11.1 Å². The summed E-state index contributed by atoms with van der Waals surface area (Å²) in [6.45, 7) is 3.13. The van der Waals surface area contributed by atoms with Crippen LogP contribution in [0.4, 0.5) is 0 Å². The van der Waals surface area contributed by atoms with Crippen molar-refractivity contribution in [3.63, 3.8) is 0 Å². The molecule has 1 N–H and O–H groups in total. The number of halogens is 1. The molecule has 0 unspecified atom stereocenters. The highest BCUT2D eigenvalue weighted by molar-refractivity contribution is 9.10. The lowest BCUT2D eigenvalue weighted by atomic mass is 10.1. The molecule has 0 bridgehead atoms. The van der Waals surface area contributed by atoms with Gasteiger partial charge in [-0.25, -0.2) is 8.42 Å². The summed E-state index contributed by atoms with van der Waals surface area (Å²) >= 11 is 3.39. The van der Waals surface area contributed by atoms with Crippen LogP contribution in [0.3, 0.4) is 0 Å². The monoisotopic (exact) mass is 394 g/mol.